The first-order valence-corrected chi connectivity index (χ1v) is 5.82. The number of hydrogen-bond donors (Lipinski definition) is 1. The molecule has 0 spiro atoms. The summed E-state index contributed by atoms with van der Waals surface area (Å²) in [6.45, 7) is 0. The van der Waals surface area contributed by atoms with E-state index in [9.17, 15) is 4.39 Å². The SMILES string of the molecule is Nc1ccc(SCc2ccccc2F)nc1. The van der Waals surface area contributed by atoms with Gasteiger partial charge in [-0.15, -0.1) is 11.8 Å². The lowest BCUT2D eigenvalue weighted by atomic mass is 10.2. The second-order valence-corrected chi connectivity index (χ2v) is 4.31. The van der Waals surface area contributed by atoms with Crippen molar-refractivity contribution in [3.8, 4) is 0 Å². The molecule has 0 aliphatic carbocycles. The molecule has 2 rings (SSSR count). The lowest BCUT2D eigenvalue weighted by molar-refractivity contribution is 0.617. The number of rotatable bonds is 3. The Hall–Kier alpha value is -1.55. The zero-order valence-electron chi connectivity index (χ0n) is 8.56. The Morgan fingerprint density at radius 3 is 2.69 bits per heavy atom. The number of hydrogen-bond acceptors (Lipinski definition) is 3. The number of nitrogens with two attached hydrogens (primary N) is 1. The molecule has 2 aromatic rings. The van der Waals surface area contributed by atoms with Gasteiger partial charge < -0.3 is 5.73 Å². The van der Waals surface area contributed by atoms with Crippen LogP contribution in [-0.2, 0) is 5.75 Å². The third-order valence-electron chi connectivity index (χ3n) is 2.09. The van der Waals surface area contributed by atoms with Crippen molar-refractivity contribution in [2.75, 3.05) is 5.73 Å². The van der Waals surface area contributed by atoms with E-state index in [1.165, 1.54) is 17.8 Å². The number of nitrogen functional groups attached to an aromatic ring is 1. The van der Waals surface area contributed by atoms with Crippen molar-refractivity contribution in [3.05, 3.63) is 54.0 Å². The predicted molar refractivity (Wildman–Crippen MR) is 64.6 cm³/mol. The van der Waals surface area contributed by atoms with E-state index in [1.807, 2.05) is 12.1 Å². The predicted octanol–water partition coefficient (Wildman–Crippen LogP) is 3.10. The van der Waals surface area contributed by atoms with Crippen molar-refractivity contribution < 1.29 is 4.39 Å². The van der Waals surface area contributed by atoms with Crippen LogP contribution < -0.4 is 5.73 Å². The molecule has 0 radical (unpaired) electrons. The highest BCUT2D eigenvalue weighted by Gasteiger charge is 2.02. The first kappa shape index (κ1) is 11.0. The van der Waals surface area contributed by atoms with Gasteiger partial charge in [0.15, 0.2) is 0 Å². The third kappa shape index (κ3) is 2.73. The topological polar surface area (TPSA) is 38.9 Å². The van der Waals surface area contributed by atoms with Gasteiger partial charge in [-0.3, -0.25) is 0 Å². The molecule has 2 nitrogen and oxygen atoms in total. The Balaban J connectivity index is 2.02. The molecule has 4 heteroatoms. The van der Waals surface area contributed by atoms with Gasteiger partial charge in [0.2, 0.25) is 0 Å². The summed E-state index contributed by atoms with van der Waals surface area (Å²) in [7, 11) is 0. The second-order valence-electron chi connectivity index (χ2n) is 3.31. The van der Waals surface area contributed by atoms with Gasteiger partial charge in [-0.05, 0) is 23.8 Å². The smallest absolute Gasteiger partial charge is 0.127 e. The summed E-state index contributed by atoms with van der Waals surface area (Å²) in [5.74, 6) is 0.397. The standard InChI is InChI=1S/C12H11FN2S/c13-11-4-2-1-3-9(11)8-16-12-6-5-10(14)7-15-12/h1-7H,8,14H2. The van der Waals surface area contributed by atoms with Crippen LogP contribution in [0.15, 0.2) is 47.6 Å². The van der Waals surface area contributed by atoms with E-state index in [0.717, 1.165) is 5.03 Å². The minimum Gasteiger partial charge on any atom is -0.397 e. The van der Waals surface area contributed by atoms with Crippen molar-refractivity contribution >= 4 is 17.4 Å². The zero-order valence-corrected chi connectivity index (χ0v) is 9.38. The van der Waals surface area contributed by atoms with Gasteiger partial charge >= 0.3 is 0 Å². The molecule has 0 saturated carbocycles. The van der Waals surface area contributed by atoms with Crippen LogP contribution in [0.3, 0.4) is 0 Å². The third-order valence-corrected chi connectivity index (χ3v) is 3.09. The maximum atomic E-state index is 13.3. The number of thioether (sulfide) groups is 1. The van der Waals surface area contributed by atoms with E-state index in [0.29, 0.717) is 17.0 Å². The molecule has 1 aromatic carbocycles. The van der Waals surface area contributed by atoms with Crippen molar-refractivity contribution in [2.45, 2.75) is 10.8 Å². The lowest BCUT2D eigenvalue weighted by Gasteiger charge is -2.02. The average molecular weight is 234 g/mol. The number of anilines is 1. The fourth-order valence-electron chi connectivity index (χ4n) is 1.24. The molecular weight excluding hydrogens is 223 g/mol. The first-order valence-electron chi connectivity index (χ1n) is 4.83. The number of pyridine rings is 1. The maximum Gasteiger partial charge on any atom is 0.127 e. The second kappa shape index (κ2) is 4.99. The Kier molecular flexibility index (Phi) is 3.41. The highest BCUT2D eigenvalue weighted by atomic mass is 32.2. The summed E-state index contributed by atoms with van der Waals surface area (Å²) in [4.78, 5) is 4.14. The average Bonchev–Trinajstić information content (AvgIpc) is 2.30. The minimum atomic E-state index is -0.176. The van der Waals surface area contributed by atoms with E-state index in [2.05, 4.69) is 4.98 Å². The van der Waals surface area contributed by atoms with Crippen molar-refractivity contribution in [1.82, 2.24) is 4.98 Å². The van der Waals surface area contributed by atoms with Crippen molar-refractivity contribution in [1.29, 1.82) is 0 Å². The molecule has 0 aliphatic heterocycles. The van der Waals surface area contributed by atoms with Crippen LogP contribution in [0.1, 0.15) is 5.56 Å². The molecule has 1 aromatic heterocycles. The Labute approximate surface area is 97.7 Å². The molecule has 0 bridgehead atoms. The molecule has 82 valence electrons. The number of aromatic nitrogens is 1. The van der Waals surface area contributed by atoms with Crippen LogP contribution in [0.25, 0.3) is 0 Å². The maximum absolute atomic E-state index is 13.3. The Morgan fingerprint density at radius 1 is 1.19 bits per heavy atom. The molecule has 0 unspecified atom stereocenters. The van der Waals surface area contributed by atoms with Crippen LogP contribution in [-0.4, -0.2) is 4.98 Å². The minimum absolute atomic E-state index is 0.176. The van der Waals surface area contributed by atoms with E-state index in [4.69, 9.17) is 5.73 Å². The Morgan fingerprint density at radius 2 is 2.00 bits per heavy atom. The Bertz CT molecular complexity index is 471. The molecule has 1 heterocycles. The number of nitrogens with zero attached hydrogens (tertiary/aromatic N) is 1. The van der Waals surface area contributed by atoms with Gasteiger partial charge in [0.05, 0.1) is 16.9 Å². The molecule has 0 fully saturated rings. The van der Waals surface area contributed by atoms with Crippen LogP contribution in [0.4, 0.5) is 10.1 Å². The summed E-state index contributed by atoms with van der Waals surface area (Å²) in [5, 5.41) is 0.845. The highest BCUT2D eigenvalue weighted by Crippen LogP contribution is 2.22. The summed E-state index contributed by atoms with van der Waals surface area (Å²) >= 11 is 1.49. The van der Waals surface area contributed by atoms with Gasteiger partial charge in [-0.2, -0.15) is 0 Å². The van der Waals surface area contributed by atoms with Crippen LogP contribution in [0.2, 0.25) is 0 Å². The van der Waals surface area contributed by atoms with E-state index >= 15 is 0 Å². The molecule has 2 N–H and O–H groups in total. The van der Waals surface area contributed by atoms with E-state index < -0.39 is 0 Å². The normalized spacial score (nSPS) is 10.3. The molecule has 16 heavy (non-hydrogen) atoms. The van der Waals surface area contributed by atoms with E-state index in [-0.39, 0.29) is 5.82 Å². The fraction of sp³-hybridized carbons (Fsp3) is 0.0833. The van der Waals surface area contributed by atoms with E-state index in [1.54, 1.807) is 24.4 Å². The summed E-state index contributed by atoms with van der Waals surface area (Å²) in [5.41, 5.74) is 6.85. The number of halogens is 1. The summed E-state index contributed by atoms with van der Waals surface area (Å²) in [6.07, 6.45) is 1.60. The monoisotopic (exact) mass is 234 g/mol. The fourth-order valence-corrected chi connectivity index (χ4v) is 2.07. The molecule has 0 saturated heterocycles. The van der Waals surface area contributed by atoms with Crippen molar-refractivity contribution in [2.24, 2.45) is 0 Å². The van der Waals surface area contributed by atoms with Gasteiger partial charge in [0.1, 0.15) is 5.82 Å². The van der Waals surface area contributed by atoms with Crippen molar-refractivity contribution in [3.63, 3.8) is 0 Å². The van der Waals surface area contributed by atoms with Gasteiger partial charge in [-0.25, -0.2) is 9.37 Å². The highest BCUT2D eigenvalue weighted by molar-refractivity contribution is 7.98. The lowest BCUT2D eigenvalue weighted by Crippen LogP contribution is -1.89. The van der Waals surface area contributed by atoms with Gasteiger partial charge in [-0.1, -0.05) is 18.2 Å². The summed E-state index contributed by atoms with van der Waals surface area (Å²) < 4.78 is 13.3. The van der Waals surface area contributed by atoms with Crippen LogP contribution >= 0.6 is 11.8 Å². The molecule has 0 atom stereocenters. The zero-order chi connectivity index (χ0) is 11.4. The summed E-state index contributed by atoms with van der Waals surface area (Å²) in [6, 6.07) is 10.4. The molecular formula is C12H11FN2S. The quantitative estimate of drug-likeness (QED) is 0.829. The van der Waals surface area contributed by atoms with Crippen LogP contribution in [0, 0.1) is 5.82 Å². The largest absolute Gasteiger partial charge is 0.397 e. The van der Waals surface area contributed by atoms with Gasteiger partial charge in [0, 0.05) is 5.75 Å². The van der Waals surface area contributed by atoms with Gasteiger partial charge in [0.25, 0.3) is 0 Å². The van der Waals surface area contributed by atoms with Crippen LogP contribution in [0.5, 0.6) is 0 Å². The first-order chi connectivity index (χ1) is 7.75. The number of benzene rings is 1. The molecule has 0 aliphatic rings. The molecule has 0 amide bonds.